The van der Waals surface area contributed by atoms with Gasteiger partial charge in [0.05, 0.1) is 12.2 Å². The number of unbranched alkanes of at least 4 members (excludes halogenated alkanes) is 1. The third kappa shape index (κ3) is 6.06. The van der Waals surface area contributed by atoms with E-state index in [4.69, 9.17) is 0 Å². The van der Waals surface area contributed by atoms with E-state index in [1.165, 1.54) is 12.8 Å². The van der Waals surface area contributed by atoms with E-state index in [1.54, 1.807) is 13.2 Å². The van der Waals surface area contributed by atoms with Gasteiger partial charge in [-0.2, -0.15) is 5.10 Å². The van der Waals surface area contributed by atoms with E-state index in [0.29, 0.717) is 0 Å². The Bertz CT molecular complexity index is 398. The number of guanidine groups is 1. The minimum Gasteiger partial charge on any atom is -0.355 e. The molecular weight excluding hydrogens is 252 g/mol. The van der Waals surface area contributed by atoms with Crippen molar-refractivity contribution in [1.82, 2.24) is 25.3 Å². The van der Waals surface area contributed by atoms with Crippen LogP contribution in [0.4, 0.5) is 0 Å². The Balaban J connectivity index is 2.22. The van der Waals surface area contributed by atoms with Crippen LogP contribution < -0.4 is 10.6 Å². The second-order valence-corrected chi connectivity index (χ2v) is 4.96. The molecule has 1 rings (SSSR count). The van der Waals surface area contributed by atoms with Crippen LogP contribution in [0.25, 0.3) is 0 Å². The van der Waals surface area contributed by atoms with Crippen LogP contribution in [-0.4, -0.2) is 54.4 Å². The standard InChI is InChI=1S/C14H28N6/c1-5-6-10-19(3)11-9-16-14(15-2)17-12-13-7-8-18-20(13)4/h7-8H,5-6,9-12H2,1-4H3,(H2,15,16,17). The zero-order valence-corrected chi connectivity index (χ0v) is 13.2. The number of aromatic nitrogens is 2. The third-order valence-corrected chi connectivity index (χ3v) is 3.26. The highest BCUT2D eigenvalue weighted by atomic mass is 15.3. The maximum atomic E-state index is 4.22. The first-order valence-corrected chi connectivity index (χ1v) is 7.27. The lowest BCUT2D eigenvalue weighted by molar-refractivity contribution is 0.332. The number of nitrogens with zero attached hydrogens (tertiary/aromatic N) is 4. The normalized spacial score (nSPS) is 11.9. The molecule has 6 nitrogen and oxygen atoms in total. The molecule has 0 radical (unpaired) electrons. The van der Waals surface area contributed by atoms with E-state index in [9.17, 15) is 0 Å². The van der Waals surface area contributed by atoms with E-state index in [0.717, 1.165) is 37.8 Å². The Hall–Kier alpha value is -1.56. The molecule has 0 saturated carbocycles. The molecule has 0 aliphatic carbocycles. The van der Waals surface area contributed by atoms with Gasteiger partial charge in [-0.1, -0.05) is 13.3 Å². The van der Waals surface area contributed by atoms with Crippen molar-refractivity contribution in [3.63, 3.8) is 0 Å². The zero-order valence-electron chi connectivity index (χ0n) is 13.2. The molecule has 0 aromatic carbocycles. The van der Waals surface area contributed by atoms with Gasteiger partial charge in [0.25, 0.3) is 0 Å². The first-order valence-electron chi connectivity index (χ1n) is 7.27. The van der Waals surface area contributed by atoms with Gasteiger partial charge in [-0.15, -0.1) is 0 Å². The summed E-state index contributed by atoms with van der Waals surface area (Å²) < 4.78 is 1.86. The van der Waals surface area contributed by atoms with Crippen molar-refractivity contribution in [3.8, 4) is 0 Å². The molecular formula is C14H28N6. The second-order valence-electron chi connectivity index (χ2n) is 4.96. The summed E-state index contributed by atoms with van der Waals surface area (Å²) >= 11 is 0. The first kappa shape index (κ1) is 16.5. The van der Waals surface area contributed by atoms with Crippen LogP contribution in [0.5, 0.6) is 0 Å². The Morgan fingerprint density at radius 1 is 1.40 bits per heavy atom. The summed E-state index contributed by atoms with van der Waals surface area (Å²) in [6, 6.07) is 2.00. The SMILES string of the molecule is CCCCN(C)CCNC(=NC)NCc1ccnn1C. The molecule has 0 bridgehead atoms. The van der Waals surface area contributed by atoms with Crippen LogP contribution >= 0.6 is 0 Å². The third-order valence-electron chi connectivity index (χ3n) is 3.26. The summed E-state index contributed by atoms with van der Waals surface area (Å²) in [5, 5.41) is 10.8. The minimum absolute atomic E-state index is 0.724. The summed E-state index contributed by atoms with van der Waals surface area (Å²) in [7, 11) is 5.89. The molecule has 0 aliphatic rings. The Morgan fingerprint density at radius 3 is 2.80 bits per heavy atom. The van der Waals surface area contributed by atoms with Crippen LogP contribution in [0.15, 0.2) is 17.3 Å². The maximum Gasteiger partial charge on any atom is 0.191 e. The second kappa shape index (κ2) is 9.36. The predicted molar refractivity (Wildman–Crippen MR) is 83.8 cm³/mol. The summed E-state index contributed by atoms with van der Waals surface area (Å²) in [6.07, 6.45) is 4.30. The molecule has 1 heterocycles. The molecule has 1 aromatic rings. The molecule has 0 saturated heterocycles. The van der Waals surface area contributed by atoms with Crippen molar-refractivity contribution in [1.29, 1.82) is 0 Å². The largest absolute Gasteiger partial charge is 0.355 e. The Morgan fingerprint density at radius 2 is 2.20 bits per heavy atom. The smallest absolute Gasteiger partial charge is 0.191 e. The highest BCUT2D eigenvalue weighted by molar-refractivity contribution is 5.79. The van der Waals surface area contributed by atoms with Crippen LogP contribution in [0.2, 0.25) is 0 Å². The van der Waals surface area contributed by atoms with Gasteiger partial charge in [0.15, 0.2) is 5.96 Å². The van der Waals surface area contributed by atoms with Crippen LogP contribution in [0.1, 0.15) is 25.5 Å². The zero-order chi connectivity index (χ0) is 14.8. The number of rotatable bonds is 8. The predicted octanol–water partition coefficient (Wildman–Crippen LogP) is 0.817. The summed E-state index contributed by atoms with van der Waals surface area (Å²) in [6.45, 7) is 6.01. The monoisotopic (exact) mass is 280 g/mol. The van der Waals surface area contributed by atoms with Crippen molar-refractivity contribution in [3.05, 3.63) is 18.0 Å². The van der Waals surface area contributed by atoms with Gasteiger partial charge in [-0.25, -0.2) is 0 Å². The highest BCUT2D eigenvalue weighted by Crippen LogP contribution is 1.94. The number of hydrogen-bond donors (Lipinski definition) is 2. The molecule has 0 unspecified atom stereocenters. The molecule has 0 spiro atoms. The van der Waals surface area contributed by atoms with Gasteiger partial charge in [0.1, 0.15) is 0 Å². The fourth-order valence-electron chi connectivity index (χ4n) is 1.87. The van der Waals surface area contributed by atoms with Crippen LogP contribution in [-0.2, 0) is 13.6 Å². The molecule has 0 aliphatic heterocycles. The summed E-state index contributed by atoms with van der Waals surface area (Å²) in [5.41, 5.74) is 1.13. The van der Waals surface area contributed by atoms with E-state index in [2.05, 4.69) is 39.6 Å². The minimum atomic E-state index is 0.724. The molecule has 2 N–H and O–H groups in total. The van der Waals surface area contributed by atoms with E-state index in [-0.39, 0.29) is 0 Å². The average molecular weight is 280 g/mol. The fraction of sp³-hybridized carbons (Fsp3) is 0.714. The number of hydrogen-bond acceptors (Lipinski definition) is 3. The maximum absolute atomic E-state index is 4.22. The van der Waals surface area contributed by atoms with Crippen molar-refractivity contribution in [2.75, 3.05) is 33.7 Å². The van der Waals surface area contributed by atoms with Crippen molar-refractivity contribution < 1.29 is 0 Å². The Kier molecular flexibility index (Phi) is 7.72. The van der Waals surface area contributed by atoms with Gasteiger partial charge in [0, 0.05) is 33.4 Å². The topological polar surface area (TPSA) is 57.5 Å². The number of aliphatic imine (C=N–C) groups is 1. The quantitative estimate of drug-likeness (QED) is 0.547. The van der Waals surface area contributed by atoms with Gasteiger partial charge >= 0.3 is 0 Å². The molecule has 0 fully saturated rings. The van der Waals surface area contributed by atoms with Gasteiger partial charge in [-0.05, 0) is 26.1 Å². The van der Waals surface area contributed by atoms with Crippen LogP contribution in [0, 0.1) is 0 Å². The lowest BCUT2D eigenvalue weighted by Crippen LogP contribution is -2.41. The lowest BCUT2D eigenvalue weighted by atomic mass is 10.3. The molecule has 20 heavy (non-hydrogen) atoms. The lowest BCUT2D eigenvalue weighted by Gasteiger charge is -2.18. The van der Waals surface area contributed by atoms with Gasteiger partial charge in [-0.3, -0.25) is 9.67 Å². The fourth-order valence-corrected chi connectivity index (χ4v) is 1.87. The first-order chi connectivity index (χ1) is 9.67. The number of nitrogens with one attached hydrogen (secondary N) is 2. The molecule has 0 atom stereocenters. The number of aryl methyl sites for hydroxylation is 1. The van der Waals surface area contributed by atoms with Gasteiger partial charge in [0.2, 0.25) is 0 Å². The van der Waals surface area contributed by atoms with Crippen molar-refractivity contribution >= 4 is 5.96 Å². The molecule has 1 aromatic heterocycles. The highest BCUT2D eigenvalue weighted by Gasteiger charge is 2.02. The van der Waals surface area contributed by atoms with E-state index >= 15 is 0 Å². The Labute approximate surface area is 122 Å². The number of likely N-dealkylation sites (N-methyl/N-ethyl adjacent to an activating group) is 1. The van der Waals surface area contributed by atoms with Crippen molar-refractivity contribution in [2.45, 2.75) is 26.3 Å². The van der Waals surface area contributed by atoms with Crippen molar-refractivity contribution in [2.24, 2.45) is 12.0 Å². The molecule has 6 heteroatoms. The van der Waals surface area contributed by atoms with E-state index < -0.39 is 0 Å². The van der Waals surface area contributed by atoms with Crippen LogP contribution in [0.3, 0.4) is 0 Å². The molecule has 114 valence electrons. The van der Waals surface area contributed by atoms with Gasteiger partial charge < -0.3 is 15.5 Å². The van der Waals surface area contributed by atoms with E-state index in [1.807, 2.05) is 17.8 Å². The summed E-state index contributed by atoms with van der Waals surface area (Å²) in [5.74, 6) is 0.829. The summed E-state index contributed by atoms with van der Waals surface area (Å²) in [4.78, 5) is 6.56. The molecule has 0 amide bonds. The average Bonchev–Trinajstić information content (AvgIpc) is 2.85.